The van der Waals surface area contributed by atoms with E-state index >= 15 is 0 Å². The number of halogens is 2. The fourth-order valence-electron chi connectivity index (χ4n) is 2.46. The van der Waals surface area contributed by atoms with E-state index in [2.05, 4.69) is 20.8 Å². The summed E-state index contributed by atoms with van der Waals surface area (Å²) in [6.45, 7) is 0. The molecule has 1 heterocycles. The van der Waals surface area contributed by atoms with E-state index in [9.17, 15) is 14.7 Å². The normalized spacial score (nSPS) is 17.4. The Hall–Kier alpha value is -2.75. The zero-order valence-electron chi connectivity index (χ0n) is 15.6. The van der Waals surface area contributed by atoms with Crippen molar-refractivity contribution in [1.29, 1.82) is 0 Å². The van der Waals surface area contributed by atoms with Crippen molar-refractivity contribution in [2.24, 2.45) is 10.2 Å². The molecule has 3 N–H and O–H groups in total. The predicted molar refractivity (Wildman–Crippen MR) is 119 cm³/mol. The van der Waals surface area contributed by atoms with E-state index in [0.29, 0.717) is 27.0 Å². The summed E-state index contributed by atoms with van der Waals surface area (Å²) in [5.74, 6) is -0.351. The highest BCUT2D eigenvalue weighted by molar-refractivity contribution is 8.15. The summed E-state index contributed by atoms with van der Waals surface area (Å²) < 4.78 is 5.03. The van der Waals surface area contributed by atoms with Gasteiger partial charge in [0.1, 0.15) is 5.25 Å². The molecule has 0 saturated carbocycles. The molecule has 1 saturated heterocycles. The van der Waals surface area contributed by atoms with Crippen LogP contribution >= 0.6 is 35.0 Å². The van der Waals surface area contributed by atoms with Gasteiger partial charge in [-0.15, -0.1) is 5.10 Å². The third-order valence-electron chi connectivity index (χ3n) is 3.91. The van der Waals surface area contributed by atoms with Crippen molar-refractivity contribution in [2.45, 2.75) is 11.7 Å². The number of phenols is 1. The van der Waals surface area contributed by atoms with E-state index in [1.165, 1.54) is 25.5 Å². The molecular formula is C19H16Cl2N4O4S. The number of ether oxygens (including phenoxy) is 1. The SMILES string of the molecule is COc1cc(/C=N/N=C2\NC(=O)C(CC(=O)Nc3ccc(Cl)c(Cl)c3)S2)ccc1O. The Balaban J connectivity index is 1.57. The van der Waals surface area contributed by atoms with Crippen LogP contribution in [0.25, 0.3) is 0 Å². The van der Waals surface area contributed by atoms with Crippen LogP contribution in [-0.2, 0) is 9.59 Å². The van der Waals surface area contributed by atoms with Crippen molar-refractivity contribution in [2.75, 3.05) is 12.4 Å². The Labute approximate surface area is 186 Å². The number of phenolic OH excluding ortho intramolecular Hbond substituents is 1. The number of benzene rings is 2. The maximum Gasteiger partial charge on any atom is 0.240 e. The summed E-state index contributed by atoms with van der Waals surface area (Å²) in [5.41, 5.74) is 1.14. The summed E-state index contributed by atoms with van der Waals surface area (Å²) in [4.78, 5) is 24.3. The van der Waals surface area contributed by atoms with Gasteiger partial charge < -0.3 is 20.5 Å². The molecule has 1 aliphatic rings. The van der Waals surface area contributed by atoms with Crippen LogP contribution in [0.3, 0.4) is 0 Å². The van der Waals surface area contributed by atoms with Crippen LogP contribution in [0.2, 0.25) is 10.0 Å². The smallest absolute Gasteiger partial charge is 0.240 e. The number of anilines is 1. The Morgan fingerprint density at radius 3 is 2.83 bits per heavy atom. The molecule has 0 radical (unpaired) electrons. The lowest BCUT2D eigenvalue weighted by Crippen LogP contribution is -2.28. The molecule has 2 amide bonds. The topological polar surface area (TPSA) is 112 Å². The van der Waals surface area contributed by atoms with Crippen molar-refractivity contribution in [3.63, 3.8) is 0 Å². The highest BCUT2D eigenvalue weighted by Gasteiger charge is 2.32. The number of nitrogens with zero attached hydrogens (tertiary/aromatic N) is 2. The Morgan fingerprint density at radius 2 is 2.10 bits per heavy atom. The van der Waals surface area contributed by atoms with Crippen LogP contribution in [0.1, 0.15) is 12.0 Å². The first-order valence-electron chi connectivity index (χ1n) is 8.56. The third kappa shape index (κ3) is 5.65. The molecule has 3 rings (SSSR count). The first-order chi connectivity index (χ1) is 14.4. The first-order valence-corrected chi connectivity index (χ1v) is 10.2. The van der Waals surface area contributed by atoms with E-state index in [1.54, 1.807) is 24.3 Å². The molecular weight excluding hydrogens is 451 g/mol. The summed E-state index contributed by atoms with van der Waals surface area (Å²) in [6.07, 6.45) is 1.40. The van der Waals surface area contributed by atoms with E-state index in [1.807, 2.05) is 0 Å². The number of nitrogens with one attached hydrogen (secondary N) is 2. The van der Waals surface area contributed by atoms with E-state index in [-0.39, 0.29) is 29.2 Å². The molecule has 0 spiro atoms. The minimum Gasteiger partial charge on any atom is -0.504 e. The summed E-state index contributed by atoms with van der Waals surface area (Å²) in [7, 11) is 1.44. The lowest BCUT2D eigenvalue weighted by atomic mass is 10.2. The van der Waals surface area contributed by atoms with Crippen molar-refractivity contribution in [3.05, 3.63) is 52.0 Å². The maximum absolute atomic E-state index is 12.2. The monoisotopic (exact) mass is 466 g/mol. The average Bonchev–Trinajstić information content (AvgIpc) is 3.05. The summed E-state index contributed by atoms with van der Waals surface area (Å²) in [5, 5.41) is 23.1. The van der Waals surface area contributed by atoms with Gasteiger partial charge in [0, 0.05) is 12.1 Å². The summed E-state index contributed by atoms with van der Waals surface area (Å²) >= 11 is 12.9. The van der Waals surface area contributed by atoms with Crippen LogP contribution < -0.4 is 15.4 Å². The van der Waals surface area contributed by atoms with Gasteiger partial charge >= 0.3 is 0 Å². The Kier molecular flexibility index (Phi) is 7.20. The van der Waals surface area contributed by atoms with Gasteiger partial charge in [0.15, 0.2) is 16.7 Å². The maximum atomic E-state index is 12.2. The first kappa shape index (κ1) is 21.9. The highest BCUT2D eigenvalue weighted by Crippen LogP contribution is 2.27. The lowest BCUT2D eigenvalue weighted by molar-refractivity contribution is -0.122. The second-order valence-corrected chi connectivity index (χ2v) is 8.06. The number of hydrogen-bond acceptors (Lipinski definition) is 7. The quantitative estimate of drug-likeness (QED) is 0.444. The van der Waals surface area contributed by atoms with Crippen molar-refractivity contribution < 1.29 is 19.4 Å². The number of amidine groups is 1. The van der Waals surface area contributed by atoms with Gasteiger partial charge in [-0.25, -0.2) is 0 Å². The fourth-order valence-corrected chi connectivity index (χ4v) is 3.69. The molecule has 2 aromatic rings. The molecule has 0 aromatic heterocycles. The minimum atomic E-state index is -0.629. The number of rotatable bonds is 6. The predicted octanol–water partition coefficient (Wildman–Crippen LogP) is 3.66. The molecule has 1 unspecified atom stereocenters. The number of carbonyl (C=O) groups is 2. The standard InChI is InChI=1S/C19H16Cl2N4O4S/c1-29-15-6-10(2-5-14(15)26)9-22-25-19-24-18(28)16(30-19)8-17(27)23-11-3-4-12(20)13(21)7-11/h2-7,9,16,26H,8H2,1H3,(H,23,27)(H,24,25,28)/b22-9+. The van der Waals surface area contributed by atoms with Gasteiger partial charge in [-0.3, -0.25) is 9.59 Å². The molecule has 30 heavy (non-hydrogen) atoms. The van der Waals surface area contributed by atoms with Gasteiger partial charge in [0.2, 0.25) is 11.8 Å². The molecule has 0 bridgehead atoms. The lowest BCUT2D eigenvalue weighted by Gasteiger charge is -2.08. The van der Waals surface area contributed by atoms with Gasteiger partial charge in [0.25, 0.3) is 0 Å². The van der Waals surface area contributed by atoms with Crippen LogP contribution in [0.15, 0.2) is 46.6 Å². The van der Waals surface area contributed by atoms with Crippen LogP contribution in [0, 0.1) is 0 Å². The van der Waals surface area contributed by atoms with E-state index < -0.39 is 5.25 Å². The number of methoxy groups -OCH3 is 1. The van der Waals surface area contributed by atoms with Crippen molar-refractivity contribution in [3.8, 4) is 11.5 Å². The minimum absolute atomic E-state index is 0.0153. The second kappa shape index (κ2) is 9.84. The molecule has 8 nitrogen and oxygen atoms in total. The van der Waals surface area contributed by atoms with Crippen LogP contribution in [0.5, 0.6) is 11.5 Å². The van der Waals surface area contributed by atoms with Crippen molar-refractivity contribution >= 4 is 63.8 Å². The van der Waals surface area contributed by atoms with Crippen LogP contribution in [-0.4, -0.2) is 40.7 Å². The number of thioether (sulfide) groups is 1. The van der Waals surface area contributed by atoms with E-state index in [4.69, 9.17) is 27.9 Å². The Morgan fingerprint density at radius 1 is 1.30 bits per heavy atom. The second-order valence-electron chi connectivity index (χ2n) is 6.06. The Bertz CT molecular complexity index is 1050. The zero-order valence-corrected chi connectivity index (χ0v) is 17.9. The molecule has 11 heteroatoms. The average molecular weight is 467 g/mol. The van der Waals surface area contributed by atoms with Crippen LogP contribution in [0.4, 0.5) is 5.69 Å². The largest absolute Gasteiger partial charge is 0.504 e. The number of aromatic hydroxyl groups is 1. The molecule has 2 aromatic carbocycles. The molecule has 156 valence electrons. The molecule has 0 aliphatic carbocycles. The van der Waals surface area contributed by atoms with Gasteiger partial charge in [-0.2, -0.15) is 5.10 Å². The highest BCUT2D eigenvalue weighted by atomic mass is 35.5. The molecule has 1 atom stereocenters. The van der Waals surface area contributed by atoms with E-state index in [0.717, 1.165) is 11.8 Å². The third-order valence-corrected chi connectivity index (χ3v) is 5.72. The number of amides is 2. The van der Waals surface area contributed by atoms with Crippen molar-refractivity contribution in [1.82, 2.24) is 5.32 Å². The van der Waals surface area contributed by atoms with Gasteiger partial charge in [-0.1, -0.05) is 35.0 Å². The number of carbonyl (C=O) groups excluding carboxylic acids is 2. The summed E-state index contributed by atoms with van der Waals surface area (Å²) in [6, 6.07) is 9.43. The molecule has 1 fully saturated rings. The number of hydrogen-bond donors (Lipinski definition) is 3. The van der Waals surface area contributed by atoms with Gasteiger partial charge in [0.05, 0.1) is 23.4 Å². The fraction of sp³-hybridized carbons (Fsp3) is 0.158. The zero-order chi connectivity index (χ0) is 21.7. The van der Waals surface area contributed by atoms with Gasteiger partial charge in [-0.05, 0) is 42.0 Å². The molecule has 1 aliphatic heterocycles.